The smallest absolute Gasteiger partial charge is 0.321 e. The number of nitrogens with one attached hydrogen (secondary N) is 2. The van der Waals surface area contributed by atoms with Gasteiger partial charge in [0.25, 0.3) is 6.43 Å². The topological polar surface area (TPSA) is 68.2 Å². The first-order valence-electron chi connectivity index (χ1n) is 8.07. The van der Waals surface area contributed by atoms with E-state index >= 15 is 0 Å². The molecule has 0 saturated heterocycles. The Bertz CT molecular complexity index is 764. The highest BCUT2D eigenvalue weighted by Gasteiger charge is 2.26. The van der Waals surface area contributed by atoms with Gasteiger partial charge in [0.05, 0.1) is 12.8 Å². The van der Waals surface area contributed by atoms with Crippen LogP contribution in [0.15, 0.2) is 24.3 Å². The van der Waals surface area contributed by atoms with Gasteiger partial charge in [0.1, 0.15) is 11.9 Å². The van der Waals surface area contributed by atoms with Gasteiger partial charge in [-0.3, -0.25) is 10.00 Å². The molecule has 0 saturated carbocycles. The SMILES string of the molecule is CCCc1cc(NC(=O)N[C@H](c2ccc(OC)c(F)c2)C(F)F)n(C)n1. The molecular formula is C17H21F3N4O2. The van der Waals surface area contributed by atoms with Gasteiger partial charge in [0.2, 0.25) is 0 Å². The molecule has 1 aromatic carbocycles. The molecule has 0 radical (unpaired) electrons. The van der Waals surface area contributed by atoms with Gasteiger partial charge in [0.15, 0.2) is 11.6 Å². The lowest BCUT2D eigenvalue weighted by atomic mass is 10.1. The Morgan fingerprint density at radius 1 is 1.35 bits per heavy atom. The highest BCUT2D eigenvalue weighted by Crippen LogP contribution is 2.26. The summed E-state index contributed by atoms with van der Waals surface area (Å²) in [6.07, 6.45) is -1.29. The van der Waals surface area contributed by atoms with Gasteiger partial charge in [-0.2, -0.15) is 5.10 Å². The minimum Gasteiger partial charge on any atom is -0.494 e. The maximum absolute atomic E-state index is 13.8. The number of carbonyl (C=O) groups is 1. The van der Waals surface area contributed by atoms with E-state index in [1.54, 1.807) is 13.1 Å². The van der Waals surface area contributed by atoms with Crippen molar-refractivity contribution in [2.24, 2.45) is 7.05 Å². The average Bonchev–Trinajstić information content (AvgIpc) is 2.92. The molecule has 1 aromatic heterocycles. The Hall–Kier alpha value is -2.71. The van der Waals surface area contributed by atoms with Crippen LogP contribution >= 0.6 is 0 Å². The van der Waals surface area contributed by atoms with E-state index in [0.717, 1.165) is 24.6 Å². The van der Waals surface area contributed by atoms with E-state index in [9.17, 15) is 18.0 Å². The molecular weight excluding hydrogens is 349 g/mol. The van der Waals surface area contributed by atoms with Crippen LogP contribution in [0.2, 0.25) is 0 Å². The van der Waals surface area contributed by atoms with Crippen molar-refractivity contribution in [1.29, 1.82) is 0 Å². The van der Waals surface area contributed by atoms with Crippen LogP contribution in [0.4, 0.5) is 23.8 Å². The number of amides is 2. The molecule has 0 bridgehead atoms. The van der Waals surface area contributed by atoms with Crippen molar-refractivity contribution in [2.75, 3.05) is 12.4 Å². The predicted molar refractivity (Wildman–Crippen MR) is 91.1 cm³/mol. The van der Waals surface area contributed by atoms with E-state index in [1.165, 1.54) is 23.9 Å². The Morgan fingerprint density at radius 3 is 2.65 bits per heavy atom. The van der Waals surface area contributed by atoms with E-state index in [2.05, 4.69) is 15.7 Å². The Kier molecular flexibility index (Phi) is 6.48. The fourth-order valence-electron chi connectivity index (χ4n) is 2.48. The standard InChI is InChI=1S/C17H21F3N4O2/c1-4-5-11-9-14(24(2)23-11)21-17(25)22-15(16(19)20)10-6-7-13(26-3)12(18)8-10/h6-9,15-16H,4-5H2,1-3H3,(H2,21,22,25)/t15-/m1/s1. The predicted octanol–water partition coefficient (Wildman–Crippen LogP) is 3.65. The number of benzene rings is 1. The molecule has 9 heteroatoms. The molecule has 2 rings (SSSR count). The van der Waals surface area contributed by atoms with Crippen LogP contribution in [-0.4, -0.2) is 29.3 Å². The Morgan fingerprint density at radius 2 is 2.08 bits per heavy atom. The maximum atomic E-state index is 13.8. The number of carbonyl (C=O) groups excluding carboxylic acids is 1. The normalized spacial score (nSPS) is 12.1. The molecule has 142 valence electrons. The van der Waals surface area contributed by atoms with Crippen molar-refractivity contribution in [1.82, 2.24) is 15.1 Å². The summed E-state index contributed by atoms with van der Waals surface area (Å²) in [5.74, 6) is -0.474. The third kappa shape index (κ3) is 4.68. The number of hydrogen-bond acceptors (Lipinski definition) is 3. The molecule has 0 fully saturated rings. The number of anilines is 1. The zero-order valence-electron chi connectivity index (χ0n) is 14.7. The summed E-state index contributed by atoms with van der Waals surface area (Å²) in [4.78, 5) is 12.1. The number of aryl methyl sites for hydroxylation is 2. The largest absolute Gasteiger partial charge is 0.494 e. The molecule has 2 amide bonds. The van der Waals surface area contributed by atoms with Crippen LogP contribution in [0.5, 0.6) is 5.75 Å². The second-order valence-electron chi connectivity index (χ2n) is 5.70. The van der Waals surface area contributed by atoms with Crippen molar-refractivity contribution in [2.45, 2.75) is 32.2 Å². The summed E-state index contributed by atoms with van der Waals surface area (Å²) >= 11 is 0. The van der Waals surface area contributed by atoms with Gasteiger partial charge in [-0.05, 0) is 24.1 Å². The van der Waals surface area contributed by atoms with Crippen molar-refractivity contribution in [3.05, 3.63) is 41.3 Å². The summed E-state index contributed by atoms with van der Waals surface area (Å²) in [6, 6.07) is 2.60. The van der Waals surface area contributed by atoms with E-state index in [4.69, 9.17) is 4.74 Å². The lowest BCUT2D eigenvalue weighted by Crippen LogP contribution is -2.36. The van der Waals surface area contributed by atoms with E-state index in [-0.39, 0.29) is 11.3 Å². The highest BCUT2D eigenvalue weighted by molar-refractivity contribution is 5.88. The number of urea groups is 1. The number of ether oxygens (including phenoxy) is 1. The minimum absolute atomic E-state index is 0.0647. The third-order valence-corrected chi connectivity index (χ3v) is 3.75. The highest BCUT2D eigenvalue weighted by atomic mass is 19.3. The van der Waals surface area contributed by atoms with Crippen molar-refractivity contribution in [3.63, 3.8) is 0 Å². The second kappa shape index (κ2) is 8.59. The Balaban J connectivity index is 2.12. The summed E-state index contributed by atoms with van der Waals surface area (Å²) in [7, 11) is 2.91. The number of hydrogen-bond donors (Lipinski definition) is 2. The van der Waals surface area contributed by atoms with Gasteiger partial charge in [-0.25, -0.2) is 18.0 Å². The molecule has 0 aliphatic carbocycles. The average molecular weight is 370 g/mol. The van der Waals surface area contributed by atoms with Gasteiger partial charge in [0, 0.05) is 13.1 Å². The van der Waals surface area contributed by atoms with Crippen LogP contribution in [0.1, 0.15) is 30.6 Å². The fraction of sp³-hybridized carbons (Fsp3) is 0.412. The Labute approximate surface area is 149 Å². The molecule has 0 aliphatic rings. The summed E-state index contributed by atoms with van der Waals surface area (Å²) in [5, 5.41) is 8.86. The van der Waals surface area contributed by atoms with Crippen molar-refractivity contribution >= 4 is 11.8 Å². The maximum Gasteiger partial charge on any atom is 0.321 e. The molecule has 2 N–H and O–H groups in total. The number of rotatable bonds is 7. The third-order valence-electron chi connectivity index (χ3n) is 3.75. The van der Waals surface area contributed by atoms with E-state index < -0.39 is 24.3 Å². The lowest BCUT2D eigenvalue weighted by molar-refractivity contribution is 0.102. The molecule has 0 aliphatic heterocycles. The molecule has 1 atom stereocenters. The quantitative estimate of drug-likeness (QED) is 0.782. The van der Waals surface area contributed by atoms with Crippen LogP contribution in [-0.2, 0) is 13.5 Å². The molecule has 6 nitrogen and oxygen atoms in total. The summed E-state index contributed by atoms with van der Waals surface area (Å²) < 4.78 is 46.7. The fourth-order valence-corrected chi connectivity index (χ4v) is 2.48. The molecule has 1 heterocycles. The minimum atomic E-state index is -2.92. The lowest BCUT2D eigenvalue weighted by Gasteiger charge is -2.19. The van der Waals surface area contributed by atoms with Crippen LogP contribution in [0.25, 0.3) is 0 Å². The van der Waals surface area contributed by atoms with Gasteiger partial charge in [-0.15, -0.1) is 0 Å². The summed E-state index contributed by atoms with van der Waals surface area (Å²) in [5.41, 5.74) is 0.720. The van der Waals surface area contributed by atoms with Crippen LogP contribution in [0.3, 0.4) is 0 Å². The zero-order valence-corrected chi connectivity index (χ0v) is 14.7. The first kappa shape index (κ1) is 19.6. The number of alkyl halides is 2. The number of aromatic nitrogens is 2. The number of halogens is 3. The van der Waals surface area contributed by atoms with E-state index in [0.29, 0.717) is 5.82 Å². The van der Waals surface area contributed by atoms with E-state index in [1.807, 2.05) is 6.92 Å². The summed E-state index contributed by atoms with van der Waals surface area (Å²) in [6.45, 7) is 2.00. The number of nitrogens with zero attached hydrogens (tertiary/aromatic N) is 2. The van der Waals surface area contributed by atoms with Gasteiger partial charge < -0.3 is 10.1 Å². The van der Waals surface area contributed by atoms with Crippen molar-refractivity contribution in [3.8, 4) is 5.75 Å². The molecule has 2 aromatic rings. The molecule has 26 heavy (non-hydrogen) atoms. The van der Waals surface area contributed by atoms with Gasteiger partial charge >= 0.3 is 6.03 Å². The first-order valence-corrected chi connectivity index (χ1v) is 8.07. The second-order valence-corrected chi connectivity index (χ2v) is 5.70. The number of methoxy groups -OCH3 is 1. The van der Waals surface area contributed by atoms with Crippen molar-refractivity contribution < 1.29 is 22.7 Å². The first-order chi connectivity index (χ1) is 12.3. The zero-order chi connectivity index (χ0) is 19.3. The van der Waals surface area contributed by atoms with Gasteiger partial charge in [-0.1, -0.05) is 19.4 Å². The monoisotopic (exact) mass is 370 g/mol. The molecule has 0 spiro atoms. The molecule has 0 unspecified atom stereocenters. The van der Waals surface area contributed by atoms with Crippen LogP contribution < -0.4 is 15.4 Å². The van der Waals surface area contributed by atoms with Crippen LogP contribution in [0, 0.1) is 5.82 Å².